The Morgan fingerprint density at radius 2 is 1.76 bits per heavy atom. The van der Waals surface area contributed by atoms with Crippen molar-refractivity contribution >= 4 is 29.1 Å². The first-order chi connectivity index (χ1) is 14.0. The summed E-state index contributed by atoms with van der Waals surface area (Å²) in [4.78, 5) is 26.9. The number of carbonyl (C=O) groups excluding carboxylic acids is 2. The summed E-state index contributed by atoms with van der Waals surface area (Å²) in [6.45, 7) is 0.0248. The second-order valence-corrected chi connectivity index (χ2v) is 7.00. The van der Waals surface area contributed by atoms with E-state index in [2.05, 4.69) is 0 Å². The molecule has 4 rings (SSSR count). The average Bonchev–Trinajstić information content (AvgIpc) is 3.31. The average molecular weight is 412 g/mol. The molecule has 1 unspecified atom stereocenters. The first kappa shape index (κ1) is 19.0. The quantitative estimate of drug-likeness (QED) is 0.384. The largest absolute Gasteiger partial charge is 0.507 e. The molecule has 1 fully saturated rings. The lowest BCUT2D eigenvalue weighted by molar-refractivity contribution is -0.140. The van der Waals surface area contributed by atoms with Crippen LogP contribution in [0, 0.1) is 5.82 Å². The number of aliphatic hydroxyl groups is 1. The molecule has 2 heterocycles. The SMILES string of the molecule is O=C1C(=O)N(Cc2ccco2)C(c2ccc(F)cc2)/C1=C(\O)c1ccc(Cl)cc1. The third kappa shape index (κ3) is 3.54. The molecule has 0 bridgehead atoms. The maximum Gasteiger partial charge on any atom is 0.296 e. The van der Waals surface area contributed by atoms with E-state index in [1.54, 1.807) is 36.4 Å². The van der Waals surface area contributed by atoms with Crippen molar-refractivity contribution in [1.29, 1.82) is 0 Å². The van der Waals surface area contributed by atoms with Gasteiger partial charge in [-0.3, -0.25) is 9.59 Å². The summed E-state index contributed by atoms with van der Waals surface area (Å²) >= 11 is 5.90. The number of amides is 1. The molecule has 1 N–H and O–H groups in total. The molecule has 5 nitrogen and oxygen atoms in total. The van der Waals surface area contributed by atoms with Gasteiger partial charge in [0.15, 0.2) is 0 Å². The van der Waals surface area contributed by atoms with Crippen molar-refractivity contribution in [3.05, 3.63) is 100 Å². The van der Waals surface area contributed by atoms with Crippen LogP contribution in [0.15, 0.2) is 76.9 Å². The summed E-state index contributed by atoms with van der Waals surface area (Å²) in [5.74, 6) is -1.89. The molecule has 0 spiro atoms. The summed E-state index contributed by atoms with van der Waals surface area (Å²) in [5.41, 5.74) is 0.765. The molecule has 1 aliphatic heterocycles. The molecule has 0 aliphatic carbocycles. The van der Waals surface area contributed by atoms with Gasteiger partial charge in [0.2, 0.25) is 0 Å². The minimum absolute atomic E-state index is 0.0248. The van der Waals surface area contributed by atoms with Gasteiger partial charge in [-0.25, -0.2) is 4.39 Å². The van der Waals surface area contributed by atoms with Gasteiger partial charge < -0.3 is 14.4 Å². The fraction of sp³-hybridized carbons (Fsp3) is 0.0909. The van der Waals surface area contributed by atoms with Gasteiger partial charge in [-0.2, -0.15) is 0 Å². The van der Waals surface area contributed by atoms with E-state index >= 15 is 0 Å². The van der Waals surface area contributed by atoms with Gasteiger partial charge in [-0.15, -0.1) is 0 Å². The Morgan fingerprint density at radius 3 is 2.38 bits per heavy atom. The molecule has 1 amide bonds. The standard InChI is InChI=1S/C22H15ClFNO4/c23-15-7-3-14(4-8-15)20(26)18-19(13-5-9-16(24)10-6-13)25(22(28)21(18)27)12-17-2-1-11-29-17/h1-11,19,26H,12H2/b20-18+. The highest BCUT2D eigenvalue weighted by atomic mass is 35.5. The molecule has 1 aromatic heterocycles. The second-order valence-electron chi connectivity index (χ2n) is 6.56. The summed E-state index contributed by atoms with van der Waals surface area (Å²) in [5, 5.41) is 11.3. The van der Waals surface area contributed by atoms with Gasteiger partial charge in [0.25, 0.3) is 11.7 Å². The topological polar surface area (TPSA) is 70.8 Å². The molecule has 1 atom stereocenters. The van der Waals surface area contributed by atoms with Crippen LogP contribution in [-0.2, 0) is 16.1 Å². The minimum Gasteiger partial charge on any atom is -0.507 e. The number of benzene rings is 2. The highest BCUT2D eigenvalue weighted by Gasteiger charge is 2.46. The Bertz CT molecular complexity index is 1090. The zero-order valence-electron chi connectivity index (χ0n) is 15.0. The lowest BCUT2D eigenvalue weighted by atomic mass is 9.95. The Balaban J connectivity index is 1.86. The third-order valence-corrected chi connectivity index (χ3v) is 5.00. The Kier molecular flexibility index (Phi) is 4.94. The van der Waals surface area contributed by atoms with Gasteiger partial charge >= 0.3 is 0 Å². The zero-order chi connectivity index (χ0) is 20.5. The predicted octanol–water partition coefficient (Wildman–Crippen LogP) is 4.69. The van der Waals surface area contributed by atoms with Crippen LogP contribution in [0.2, 0.25) is 5.02 Å². The Hall–Kier alpha value is -3.38. The first-order valence-corrected chi connectivity index (χ1v) is 9.15. The van der Waals surface area contributed by atoms with E-state index in [4.69, 9.17) is 16.0 Å². The van der Waals surface area contributed by atoms with Crippen LogP contribution in [0.5, 0.6) is 0 Å². The number of rotatable bonds is 4. The van der Waals surface area contributed by atoms with Gasteiger partial charge in [-0.05, 0) is 54.1 Å². The second kappa shape index (κ2) is 7.56. The summed E-state index contributed by atoms with van der Waals surface area (Å²) < 4.78 is 18.8. The van der Waals surface area contributed by atoms with Crippen LogP contribution < -0.4 is 0 Å². The van der Waals surface area contributed by atoms with Gasteiger partial charge in [0, 0.05) is 10.6 Å². The molecular weight excluding hydrogens is 397 g/mol. The van der Waals surface area contributed by atoms with Crippen molar-refractivity contribution in [3.63, 3.8) is 0 Å². The molecule has 0 radical (unpaired) electrons. The monoisotopic (exact) mass is 411 g/mol. The van der Waals surface area contributed by atoms with Crippen LogP contribution in [0.1, 0.15) is 22.9 Å². The minimum atomic E-state index is -0.892. The van der Waals surface area contributed by atoms with Crippen molar-refractivity contribution in [2.45, 2.75) is 12.6 Å². The van der Waals surface area contributed by atoms with E-state index in [0.717, 1.165) is 0 Å². The van der Waals surface area contributed by atoms with E-state index in [1.807, 2.05) is 0 Å². The number of hydrogen-bond donors (Lipinski definition) is 1. The summed E-state index contributed by atoms with van der Waals surface area (Å²) in [7, 11) is 0. The Labute approximate surface area is 170 Å². The van der Waals surface area contributed by atoms with E-state index in [9.17, 15) is 19.1 Å². The number of furan rings is 1. The number of nitrogens with zero attached hydrogens (tertiary/aromatic N) is 1. The highest BCUT2D eigenvalue weighted by Crippen LogP contribution is 2.40. The molecule has 146 valence electrons. The smallest absolute Gasteiger partial charge is 0.296 e. The molecule has 0 saturated carbocycles. The number of ketones is 1. The Morgan fingerprint density at radius 1 is 1.07 bits per heavy atom. The molecule has 7 heteroatoms. The van der Waals surface area contributed by atoms with Crippen LogP contribution in [0.3, 0.4) is 0 Å². The van der Waals surface area contributed by atoms with Crippen molar-refractivity contribution in [1.82, 2.24) is 4.90 Å². The molecular formula is C22H15ClFNO4. The van der Waals surface area contributed by atoms with Crippen molar-refractivity contribution in [3.8, 4) is 0 Å². The molecule has 29 heavy (non-hydrogen) atoms. The normalized spacial score (nSPS) is 18.4. The number of likely N-dealkylation sites (tertiary alicyclic amines) is 1. The van der Waals surface area contributed by atoms with Crippen LogP contribution in [0.25, 0.3) is 5.76 Å². The van der Waals surface area contributed by atoms with E-state index in [0.29, 0.717) is 21.9 Å². The fourth-order valence-electron chi connectivity index (χ4n) is 3.37. The lowest BCUT2D eigenvalue weighted by Gasteiger charge is -2.24. The fourth-order valence-corrected chi connectivity index (χ4v) is 3.49. The summed E-state index contributed by atoms with van der Waals surface area (Å²) in [6, 6.07) is 14.2. The van der Waals surface area contributed by atoms with Crippen molar-refractivity contribution in [2.24, 2.45) is 0 Å². The van der Waals surface area contributed by atoms with Crippen molar-refractivity contribution < 1.29 is 23.5 Å². The van der Waals surface area contributed by atoms with Crippen LogP contribution >= 0.6 is 11.6 Å². The van der Waals surface area contributed by atoms with E-state index in [1.165, 1.54) is 35.4 Å². The van der Waals surface area contributed by atoms with Gasteiger partial charge in [0.05, 0.1) is 24.4 Å². The molecule has 1 aliphatic rings. The number of aliphatic hydroxyl groups excluding tert-OH is 1. The first-order valence-electron chi connectivity index (χ1n) is 8.78. The summed E-state index contributed by atoms with van der Waals surface area (Å²) in [6.07, 6.45) is 1.46. The lowest BCUT2D eigenvalue weighted by Crippen LogP contribution is -2.29. The number of carbonyl (C=O) groups is 2. The van der Waals surface area contributed by atoms with Gasteiger partial charge in [-0.1, -0.05) is 23.7 Å². The maximum atomic E-state index is 13.5. The van der Waals surface area contributed by atoms with Crippen molar-refractivity contribution in [2.75, 3.05) is 0 Å². The number of hydrogen-bond acceptors (Lipinski definition) is 4. The van der Waals surface area contributed by atoms with E-state index in [-0.39, 0.29) is 17.9 Å². The van der Waals surface area contributed by atoms with E-state index < -0.39 is 23.5 Å². The van der Waals surface area contributed by atoms with Crippen LogP contribution in [0.4, 0.5) is 4.39 Å². The third-order valence-electron chi connectivity index (χ3n) is 4.75. The van der Waals surface area contributed by atoms with Crippen LogP contribution in [-0.4, -0.2) is 21.7 Å². The molecule has 2 aromatic carbocycles. The maximum absolute atomic E-state index is 13.5. The van der Waals surface area contributed by atoms with Gasteiger partial charge in [0.1, 0.15) is 17.3 Å². The number of halogens is 2. The molecule has 3 aromatic rings. The predicted molar refractivity (Wildman–Crippen MR) is 104 cm³/mol. The highest BCUT2D eigenvalue weighted by molar-refractivity contribution is 6.46. The molecule has 1 saturated heterocycles. The number of Topliss-reactive ketones (excluding diaryl/α,β-unsaturated/α-hetero) is 1. The zero-order valence-corrected chi connectivity index (χ0v) is 15.8.